The topological polar surface area (TPSA) is 86.7 Å². The molecule has 1 aliphatic heterocycles. The number of rotatable bonds is 3. The van der Waals surface area contributed by atoms with E-state index in [2.05, 4.69) is 27.7 Å². The van der Waals surface area contributed by atoms with Crippen molar-refractivity contribution in [1.29, 1.82) is 0 Å². The Morgan fingerprint density at radius 3 is 1.69 bits per heavy atom. The van der Waals surface area contributed by atoms with Crippen LogP contribution in [0.2, 0.25) is 0 Å². The number of hydrogen-bond donors (Lipinski definition) is 1. The van der Waals surface area contributed by atoms with Gasteiger partial charge in [-0.25, -0.2) is 0 Å². The first-order chi connectivity index (χ1) is 14.4. The number of fused-ring (bicyclic) bond motifs is 1. The minimum atomic E-state index is -1.11. The van der Waals surface area contributed by atoms with Gasteiger partial charge in [0.2, 0.25) is 0 Å². The maximum Gasteiger partial charge on any atom is 1.00 e. The predicted molar refractivity (Wildman–Crippen MR) is 119 cm³/mol. The monoisotopic (exact) mass is 448 g/mol. The second-order valence-electron chi connectivity index (χ2n) is 8.46. The SMILES string of the molecule is Cc1c(C)c(C)c(CC(=O)[O-])c(CO)c1C.Cc1c(C)c(C)c2c(c1C)COC(=O)C2.[Na+]. The number of cyclic esters (lactones) is 1. The number of ether oxygens (including phenoxy) is 1. The number of aliphatic hydroxyl groups excluding tert-OH is 1. The minimum absolute atomic E-state index is 0. The van der Waals surface area contributed by atoms with Crippen LogP contribution >= 0.6 is 0 Å². The first kappa shape index (κ1) is 28.4. The normalized spacial score (nSPS) is 12.2. The number of carbonyl (C=O) groups excluding carboxylic acids is 2. The van der Waals surface area contributed by atoms with Gasteiger partial charge < -0.3 is 19.7 Å². The van der Waals surface area contributed by atoms with Crippen LogP contribution in [0.25, 0.3) is 0 Å². The summed E-state index contributed by atoms with van der Waals surface area (Å²) >= 11 is 0. The summed E-state index contributed by atoms with van der Waals surface area (Å²) in [7, 11) is 0. The Morgan fingerprint density at radius 2 is 1.22 bits per heavy atom. The summed E-state index contributed by atoms with van der Waals surface area (Å²) in [4.78, 5) is 22.0. The first-order valence-corrected chi connectivity index (χ1v) is 10.5. The molecular formula is C26H33NaO5. The van der Waals surface area contributed by atoms with Crippen LogP contribution in [0, 0.1) is 55.4 Å². The van der Waals surface area contributed by atoms with Gasteiger partial charge in [-0.15, -0.1) is 0 Å². The quantitative estimate of drug-likeness (QED) is 0.537. The van der Waals surface area contributed by atoms with E-state index in [1.54, 1.807) is 0 Å². The molecule has 2 aromatic carbocycles. The van der Waals surface area contributed by atoms with Gasteiger partial charge in [-0.05, 0) is 122 Å². The van der Waals surface area contributed by atoms with Gasteiger partial charge in [-0.3, -0.25) is 4.79 Å². The fraction of sp³-hybridized carbons (Fsp3) is 0.462. The van der Waals surface area contributed by atoms with Crippen molar-refractivity contribution in [2.45, 2.75) is 81.4 Å². The van der Waals surface area contributed by atoms with Crippen molar-refractivity contribution in [3.63, 3.8) is 0 Å². The number of benzene rings is 2. The van der Waals surface area contributed by atoms with E-state index >= 15 is 0 Å². The third-order valence-electron chi connectivity index (χ3n) is 7.09. The Hall–Kier alpha value is -1.66. The van der Waals surface area contributed by atoms with Crippen molar-refractivity contribution >= 4 is 11.9 Å². The van der Waals surface area contributed by atoms with E-state index in [1.165, 1.54) is 33.4 Å². The molecule has 0 saturated carbocycles. The molecule has 0 fully saturated rings. The standard InChI is InChI=1S/C13H18O3.C13H16O2.Na/c1-7-8(2)10(4)12(6-14)11(9(7)3)5-13(15)16;1-7-8(2)10(4)12-6-15-13(14)5-11(12)9(7)3;/h14H,5-6H2,1-4H3,(H,15,16);5-6H2,1-4H3;/q;;+1/p-1. The summed E-state index contributed by atoms with van der Waals surface area (Å²) in [5.41, 5.74) is 13.1. The Kier molecular flexibility index (Phi) is 10.2. The molecule has 0 aliphatic carbocycles. The molecule has 1 heterocycles. The van der Waals surface area contributed by atoms with E-state index in [9.17, 15) is 19.8 Å². The number of carboxylic acid groups (broad SMARTS) is 1. The number of aliphatic carboxylic acids is 1. The van der Waals surface area contributed by atoms with Crippen LogP contribution in [0.5, 0.6) is 0 Å². The third kappa shape index (κ3) is 5.63. The summed E-state index contributed by atoms with van der Waals surface area (Å²) in [5, 5.41) is 20.0. The summed E-state index contributed by atoms with van der Waals surface area (Å²) in [6.07, 6.45) is 0.298. The molecule has 2 aromatic rings. The van der Waals surface area contributed by atoms with Crippen LogP contribution in [-0.4, -0.2) is 17.0 Å². The van der Waals surface area contributed by atoms with Crippen molar-refractivity contribution in [1.82, 2.24) is 0 Å². The average Bonchev–Trinajstić information content (AvgIpc) is 2.73. The van der Waals surface area contributed by atoms with Gasteiger partial charge in [-0.2, -0.15) is 0 Å². The summed E-state index contributed by atoms with van der Waals surface area (Å²) < 4.78 is 5.10. The van der Waals surface area contributed by atoms with Crippen molar-refractivity contribution in [3.8, 4) is 0 Å². The van der Waals surface area contributed by atoms with Crippen LogP contribution in [-0.2, 0) is 40.4 Å². The van der Waals surface area contributed by atoms with E-state index in [-0.39, 0.29) is 48.6 Å². The molecule has 6 heteroatoms. The summed E-state index contributed by atoms with van der Waals surface area (Å²) in [5.74, 6) is -1.21. The number of aliphatic hydroxyl groups is 1. The van der Waals surface area contributed by atoms with Crippen molar-refractivity contribution < 1.29 is 54.1 Å². The smallest absolute Gasteiger partial charge is 0.550 e. The Bertz CT molecular complexity index is 1050. The zero-order valence-electron chi connectivity index (χ0n) is 20.9. The van der Waals surface area contributed by atoms with Gasteiger partial charge in [0.1, 0.15) is 6.61 Å². The Morgan fingerprint density at radius 1 is 0.781 bits per heavy atom. The maximum absolute atomic E-state index is 11.3. The van der Waals surface area contributed by atoms with Crippen LogP contribution in [0.15, 0.2) is 0 Å². The average molecular weight is 449 g/mol. The summed E-state index contributed by atoms with van der Waals surface area (Å²) in [6.45, 7) is 16.5. The molecule has 1 aliphatic rings. The molecule has 0 radical (unpaired) electrons. The molecule has 0 unspecified atom stereocenters. The number of carboxylic acids is 1. The van der Waals surface area contributed by atoms with Crippen molar-refractivity contribution in [2.24, 2.45) is 0 Å². The fourth-order valence-electron chi connectivity index (χ4n) is 4.32. The van der Waals surface area contributed by atoms with Gasteiger partial charge in [0.25, 0.3) is 0 Å². The molecule has 0 spiro atoms. The van der Waals surface area contributed by atoms with Crippen LogP contribution in [0.1, 0.15) is 66.8 Å². The van der Waals surface area contributed by atoms with E-state index < -0.39 is 5.97 Å². The second-order valence-corrected chi connectivity index (χ2v) is 8.46. The van der Waals surface area contributed by atoms with Gasteiger partial charge in [0, 0.05) is 12.4 Å². The maximum atomic E-state index is 11.3. The van der Waals surface area contributed by atoms with Gasteiger partial charge >= 0.3 is 35.5 Å². The van der Waals surface area contributed by atoms with E-state index in [0.29, 0.717) is 18.6 Å². The van der Waals surface area contributed by atoms with Gasteiger partial charge in [-0.1, -0.05) is 0 Å². The van der Waals surface area contributed by atoms with Crippen LogP contribution in [0.3, 0.4) is 0 Å². The predicted octanol–water partition coefficient (Wildman–Crippen LogP) is 0.229. The Labute approximate surface area is 213 Å². The Balaban J connectivity index is 0.000000311. The number of hydrogen-bond acceptors (Lipinski definition) is 5. The van der Waals surface area contributed by atoms with E-state index in [1.807, 2.05) is 27.7 Å². The molecule has 32 heavy (non-hydrogen) atoms. The van der Waals surface area contributed by atoms with Crippen LogP contribution < -0.4 is 34.7 Å². The molecule has 0 saturated heterocycles. The molecule has 0 atom stereocenters. The second kappa shape index (κ2) is 11.5. The number of carbonyl (C=O) groups is 2. The van der Waals surface area contributed by atoms with Crippen molar-refractivity contribution in [2.75, 3.05) is 0 Å². The largest absolute Gasteiger partial charge is 1.00 e. The van der Waals surface area contributed by atoms with Crippen molar-refractivity contribution in [3.05, 3.63) is 66.8 Å². The van der Waals surface area contributed by atoms with Gasteiger partial charge in [0.15, 0.2) is 0 Å². The molecule has 0 aromatic heterocycles. The molecule has 5 nitrogen and oxygen atoms in total. The van der Waals surface area contributed by atoms with Crippen LogP contribution in [0.4, 0.5) is 0 Å². The number of esters is 1. The molecule has 0 amide bonds. The van der Waals surface area contributed by atoms with E-state index in [0.717, 1.165) is 27.8 Å². The fourth-order valence-corrected chi connectivity index (χ4v) is 4.32. The first-order valence-electron chi connectivity index (χ1n) is 10.5. The summed E-state index contributed by atoms with van der Waals surface area (Å²) in [6, 6.07) is 0. The van der Waals surface area contributed by atoms with Gasteiger partial charge in [0.05, 0.1) is 13.0 Å². The molecular weight excluding hydrogens is 415 g/mol. The minimum Gasteiger partial charge on any atom is -0.550 e. The third-order valence-corrected chi connectivity index (χ3v) is 7.09. The molecule has 168 valence electrons. The molecule has 3 rings (SSSR count). The zero-order chi connectivity index (χ0) is 23.6. The molecule has 0 bridgehead atoms. The van der Waals surface area contributed by atoms with E-state index in [4.69, 9.17) is 4.74 Å². The molecule has 1 N–H and O–H groups in total. The zero-order valence-corrected chi connectivity index (χ0v) is 22.9.